The molecule has 5 heteroatoms. The predicted octanol–water partition coefficient (Wildman–Crippen LogP) is 2.50. The zero-order valence-corrected chi connectivity index (χ0v) is 14.7. The van der Waals surface area contributed by atoms with Crippen LogP contribution in [0.25, 0.3) is 0 Å². The maximum absolute atomic E-state index is 11.7. The van der Waals surface area contributed by atoms with Crippen LogP contribution in [0.3, 0.4) is 0 Å². The molecule has 0 radical (unpaired) electrons. The van der Waals surface area contributed by atoms with Crippen LogP contribution in [0.4, 0.5) is 0 Å². The molecule has 0 N–H and O–H groups in total. The van der Waals surface area contributed by atoms with Crippen molar-refractivity contribution >= 4 is 5.91 Å². The molecule has 0 spiro atoms. The number of carbonyl (C=O) groups excluding carboxylic acids is 1. The lowest BCUT2D eigenvalue weighted by Crippen LogP contribution is -2.54. The minimum Gasteiger partial charge on any atom is -0.366 e. The number of likely N-dealkylation sites (tertiary alicyclic amines) is 1. The Morgan fingerprint density at radius 2 is 1.60 bits per heavy atom. The summed E-state index contributed by atoms with van der Waals surface area (Å²) in [4.78, 5) is 19.0. The summed E-state index contributed by atoms with van der Waals surface area (Å²) >= 11 is 0. The van der Waals surface area contributed by atoms with Crippen LogP contribution >= 0.6 is 0 Å². The molecule has 0 atom stereocenters. The van der Waals surface area contributed by atoms with E-state index in [1.54, 1.807) is 7.05 Å². The number of amides is 1. The molecule has 2 aromatic carbocycles. The van der Waals surface area contributed by atoms with E-state index in [0.717, 1.165) is 13.1 Å². The van der Waals surface area contributed by atoms with Crippen molar-refractivity contribution in [3.63, 3.8) is 0 Å². The summed E-state index contributed by atoms with van der Waals surface area (Å²) in [5, 5.41) is 1.19. The number of nitrogens with zero attached hydrogens (tertiary/aromatic N) is 2. The molecule has 1 aliphatic heterocycles. The molecule has 3 rings (SSSR count). The Morgan fingerprint density at radius 1 is 1.08 bits per heavy atom. The highest BCUT2D eigenvalue weighted by Crippen LogP contribution is 2.32. The van der Waals surface area contributed by atoms with Crippen molar-refractivity contribution in [3.05, 3.63) is 71.8 Å². The molecule has 1 fully saturated rings. The highest BCUT2D eigenvalue weighted by Gasteiger charge is 2.35. The van der Waals surface area contributed by atoms with Crippen LogP contribution in [-0.4, -0.2) is 55.8 Å². The summed E-state index contributed by atoms with van der Waals surface area (Å²) in [7, 11) is 3.05. The molecule has 2 aromatic rings. The Hall–Kier alpha value is -2.21. The van der Waals surface area contributed by atoms with Gasteiger partial charge in [0.25, 0.3) is 5.91 Å². The van der Waals surface area contributed by atoms with Crippen molar-refractivity contribution < 1.29 is 14.4 Å². The average molecular weight is 340 g/mol. The number of hydroxylamine groups is 2. The third-order valence-corrected chi connectivity index (χ3v) is 4.54. The number of ether oxygens (including phenoxy) is 1. The van der Waals surface area contributed by atoms with Gasteiger partial charge in [0, 0.05) is 20.1 Å². The quantitative estimate of drug-likeness (QED) is 0.726. The number of benzene rings is 2. The predicted molar refractivity (Wildman–Crippen MR) is 95.8 cm³/mol. The van der Waals surface area contributed by atoms with E-state index in [9.17, 15) is 4.79 Å². The van der Waals surface area contributed by atoms with E-state index < -0.39 is 0 Å². The summed E-state index contributed by atoms with van der Waals surface area (Å²) in [6.07, 6.45) is 0.0733. The molecule has 1 aliphatic rings. The lowest BCUT2D eigenvalue weighted by atomic mass is 9.94. The van der Waals surface area contributed by atoms with Gasteiger partial charge >= 0.3 is 0 Å². The summed E-state index contributed by atoms with van der Waals surface area (Å²) in [6, 6.07) is 21.2. The Balaban J connectivity index is 1.62. The van der Waals surface area contributed by atoms with Crippen LogP contribution in [0, 0.1) is 0 Å². The molecule has 1 saturated heterocycles. The van der Waals surface area contributed by atoms with Gasteiger partial charge in [0.1, 0.15) is 6.61 Å². The number of hydrogen-bond donors (Lipinski definition) is 0. The van der Waals surface area contributed by atoms with Crippen LogP contribution in [0.5, 0.6) is 0 Å². The van der Waals surface area contributed by atoms with E-state index in [1.807, 2.05) is 12.1 Å². The van der Waals surface area contributed by atoms with E-state index in [-0.39, 0.29) is 24.7 Å². The Kier molecular flexibility index (Phi) is 5.81. The van der Waals surface area contributed by atoms with Crippen molar-refractivity contribution in [1.29, 1.82) is 0 Å². The molecule has 5 nitrogen and oxygen atoms in total. The number of likely N-dealkylation sites (N-methyl/N-ethyl adjacent to an activating group) is 1. The minimum atomic E-state index is -0.177. The van der Waals surface area contributed by atoms with Gasteiger partial charge < -0.3 is 4.74 Å². The lowest BCUT2D eigenvalue weighted by Gasteiger charge is -2.44. The fourth-order valence-corrected chi connectivity index (χ4v) is 3.05. The average Bonchev–Trinajstić information content (AvgIpc) is 2.64. The van der Waals surface area contributed by atoms with Crippen molar-refractivity contribution in [3.8, 4) is 0 Å². The lowest BCUT2D eigenvalue weighted by molar-refractivity contribution is -0.178. The third-order valence-electron chi connectivity index (χ3n) is 4.54. The van der Waals surface area contributed by atoms with Crippen molar-refractivity contribution in [2.45, 2.75) is 12.1 Å². The molecular weight excluding hydrogens is 316 g/mol. The second kappa shape index (κ2) is 8.25. The Labute approximate surface area is 148 Å². The molecule has 0 unspecified atom stereocenters. The summed E-state index contributed by atoms with van der Waals surface area (Å²) < 4.78 is 5.70. The molecular formula is C20H24N2O3. The summed E-state index contributed by atoms with van der Waals surface area (Å²) in [5.41, 5.74) is 2.53. The second-order valence-electron chi connectivity index (χ2n) is 6.18. The molecule has 0 aliphatic carbocycles. The third kappa shape index (κ3) is 4.25. The van der Waals surface area contributed by atoms with Crippen molar-refractivity contribution in [2.24, 2.45) is 0 Å². The van der Waals surface area contributed by atoms with Gasteiger partial charge in [-0.1, -0.05) is 60.7 Å². The van der Waals surface area contributed by atoms with Gasteiger partial charge in [0.2, 0.25) is 0 Å². The van der Waals surface area contributed by atoms with Gasteiger partial charge in [-0.05, 0) is 11.1 Å². The minimum absolute atomic E-state index is 0.0458. The molecule has 132 valence electrons. The van der Waals surface area contributed by atoms with Crippen LogP contribution in [-0.2, 0) is 14.4 Å². The maximum atomic E-state index is 11.7. The number of hydrogen-bond acceptors (Lipinski definition) is 4. The summed E-state index contributed by atoms with van der Waals surface area (Å²) in [6.45, 7) is 1.65. The van der Waals surface area contributed by atoms with Gasteiger partial charge in [-0.25, -0.2) is 5.06 Å². The van der Waals surface area contributed by atoms with Gasteiger partial charge in [-0.3, -0.25) is 14.5 Å². The number of rotatable bonds is 7. The smallest absolute Gasteiger partial charge is 0.271 e. The van der Waals surface area contributed by atoms with Crippen LogP contribution in [0.2, 0.25) is 0 Å². The van der Waals surface area contributed by atoms with Crippen molar-refractivity contribution in [2.75, 3.05) is 33.9 Å². The van der Waals surface area contributed by atoms with Crippen LogP contribution in [0.15, 0.2) is 60.7 Å². The monoisotopic (exact) mass is 340 g/mol. The first-order chi connectivity index (χ1) is 12.2. The van der Waals surface area contributed by atoms with E-state index in [4.69, 9.17) is 9.57 Å². The molecule has 1 heterocycles. The van der Waals surface area contributed by atoms with E-state index in [0.29, 0.717) is 0 Å². The molecule has 0 bridgehead atoms. The molecule has 0 aromatic heterocycles. The van der Waals surface area contributed by atoms with Gasteiger partial charge in [-0.15, -0.1) is 0 Å². The topological polar surface area (TPSA) is 42.0 Å². The van der Waals surface area contributed by atoms with Crippen molar-refractivity contribution in [1.82, 2.24) is 9.96 Å². The maximum Gasteiger partial charge on any atom is 0.271 e. The van der Waals surface area contributed by atoms with Crippen LogP contribution < -0.4 is 0 Å². The first-order valence-electron chi connectivity index (χ1n) is 8.45. The molecule has 25 heavy (non-hydrogen) atoms. The SMILES string of the molecule is CON(C)C(=O)COC1CN(C(c2ccccc2)c2ccccc2)C1. The fraction of sp³-hybridized carbons (Fsp3) is 0.350. The Bertz CT molecular complexity index is 632. The highest BCUT2D eigenvalue weighted by molar-refractivity contribution is 5.76. The van der Waals surface area contributed by atoms with Crippen LogP contribution in [0.1, 0.15) is 17.2 Å². The summed E-state index contributed by atoms with van der Waals surface area (Å²) in [5.74, 6) is -0.177. The first-order valence-corrected chi connectivity index (χ1v) is 8.45. The van der Waals surface area contributed by atoms with Gasteiger partial charge in [0.05, 0.1) is 19.3 Å². The Morgan fingerprint density at radius 3 is 2.08 bits per heavy atom. The number of carbonyl (C=O) groups is 1. The highest BCUT2D eigenvalue weighted by atomic mass is 16.7. The normalized spacial score (nSPS) is 15.2. The fourth-order valence-electron chi connectivity index (χ4n) is 3.05. The standard InChI is InChI=1S/C20H24N2O3/c1-21(24-2)19(23)15-25-18-13-22(14-18)20(16-9-5-3-6-10-16)17-11-7-4-8-12-17/h3-12,18,20H,13-15H2,1-2H3. The largest absolute Gasteiger partial charge is 0.366 e. The van der Waals surface area contributed by atoms with Gasteiger partial charge in [-0.2, -0.15) is 0 Å². The zero-order valence-electron chi connectivity index (χ0n) is 14.7. The van der Waals surface area contributed by atoms with E-state index in [2.05, 4.69) is 53.4 Å². The van der Waals surface area contributed by atoms with Gasteiger partial charge in [0.15, 0.2) is 0 Å². The van der Waals surface area contributed by atoms with E-state index >= 15 is 0 Å². The second-order valence-corrected chi connectivity index (χ2v) is 6.18. The zero-order chi connectivity index (χ0) is 17.6. The molecule has 1 amide bonds. The first kappa shape index (κ1) is 17.6. The van der Waals surface area contributed by atoms with E-state index in [1.165, 1.54) is 23.3 Å². The molecule has 0 saturated carbocycles.